The molecular weight excluding hydrogens is 290 g/mol. The normalized spacial score (nSPS) is 10.0. The van der Waals surface area contributed by atoms with Gasteiger partial charge in [0.05, 0.1) is 10.5 Å². The van der Waals surface area contributed by atoms with Gasteiger partial charge in [-0.05, 0) is 24.6 Å². The predicted octanol–water partition coefficient (Wildman–Crippen LogP) is 2.25. The van der Waals surface area contributed by atoms with Crippen molar-refractivity contribution in [3.8, 4) is 0 Å². The zero-order chi connectivity index (χ0) is 16.3. The Morgan fingerprint density at radius 2 is 2.00 bits per heavy atom. The predicted molar refractivity (Wildman–Crippen MR) is 77.0 cm³/mol. The van der Waals surface area contributed by atoms with Crippen molar-refractivity contribution >= 4 is 23.4 Å². The molecule has 0 atom stereocenters. The number of rotatable bonds is 4. The van der Waals surface area contributed by atoms with Crippen LogP contribution in [0.4, 0.5) is 11.5 Å². The average molecular weight is 301 g/mol. The van der Waals surface area contributed by atoms with Crippen molar-refractivity contribution in [3.05, 3.63) is 63.3 Å². The number of amides is 1. The Balaban J connectivity index is 2.51. The van der Waals surface area contributed by atoms with Crippen LogP contribution < -0.4 is 5.32 Å². The van der Waals surface area contributed by atoms with Gasteiger partial charge in [-0.25, -0.2) is 9.78 Å². The lowest BCUT2D eigenvalue weighted by Gasteiger charge is -2.09. The van der Waals surface area contributed by atoms with E-state index in [9.17, 15) is 19.7 Å². The molecule has 2 N–H and O–H groups in total. The zero-order valence-corrected chi connectivity index (χ0v) is 11.4. The van der Waals surface area contributed by atoms with Crippen LogP contribution in [0.5, 0.6) is 0 Å². The van der Waals surface area contributed by atoms with Crippen molar-refractivity contribution in [3.63, 3.8) is 0 Å². The van der Waals surface area contributed by atoms with E-state index in [1.54, 1.807) is 19.1 Å². The molecule has 22 heavy (non-hydrogen) atoms. The van der Waals surface area contributed by atoms with Crippen LogP contribution in [0, 0.1) is 17.0 Å². The number of nitrogens with zero attached hydrogens (tertiary/aromatic N) is 2. The molecule has 0 saturated heterocycles. The number of pyridine rings is 1. The highest BCUT2D eigenvalue weighted by Gasteiger charge is 2.27. The minimum atomic E-state index is -1.42. The van der Waals surface area contributed by atoms with Crippen molar-refractivity contribution in [1.29, 1.82) is 0 Å². The standard InChI is InChI=1S/C14H11N3O5/c1-8-4-3-7-15-12(8)16-13(18)11-9(14(19)20)5-2-6-10(11)17(21)22/h2-7H,1H3,(H,19,20)(H,15,16,18). The van der Waals surface area contributed by atoms with Crippen LogP contribution in [0.3, 0.4) is 0 Å². The summed E-state index contributed by atoms with van der Waals surface area (Å²) in [6.07, 6.45) is 1.44. The molecule has 8 heteroatoms. The Hall–Kier alpha value is -3.29. The van der Waals surface area contributed by atoms with Gasteiger partial charge in [-0.15, -0.1) is 0 Å². The summed E-state index contributed by atoms with van der Waals surface area (Å²) in [5.74, 6) is -2.11. The van der Waals surface area contributed by atoms with Gasteiger partial charge in [0, 0.05) is 12.3 Å². The number of carboxylic acids is 1. The van der Waals surface area contributed by atoms with Crippen LogP contribution in [0.15, 0.2) is 36.5 Å². The largest absolute Gasteiger partial charge is 0.478 e. The lowest BCUT2D eigenvalue weighted by molar-refractivity contribution is -0.385. The molecule has 0 saturated carbocycles. The Bertz CT molecular complexity index is 741. The smallest absolute Gasteiger partial charge is 0.336 e. The molecule has 1 heterocycles. The first-order valence-corrected chi connectivity index (χ1v) is 6.15. The van der Waals surface area contributed by atoms with Gasteiger partial charge in [0.15, 0.2) is 0 Å². The Labute approximate surface area is 124 Å². The number of aromatic nitrogens is 1. The second-order valence-electron chi connectivity index (χ2n) is 4.38. The molecule has 1 aromatic carbocycles. The zero-order valence-electron chi connectivity index (χ0n) is 11.4. The number of aryl methyl sites for hydroxylation is 1. The van der Waals surface area contributed by atoms with E-state index in [2.05, 4.69) is 10.3 Å². The second-order valence-corrected chi connectivity index (χ2v) is 4.38. The molecule has 112 valence electrons. The van der Waals surface area contributed by atoms with Gasteiger partial charge in [-0.1, -0.05) is 12.1 Å². The van der Waals surface area contributed by atoms with E-state index in [-0.39, 0.29) is 5.82 Å². The fourth-order valence-corrected chi connectivity index (χ4v) is 1.90. The summed E-state index contributed by atoms with van der Waals surface area (Å²) < 4.78 is 0. The van der Waals surface area contributed by atoms with Crippen LogP contribution in [-0.4, -0.2) is 26.9 Å². The van der Waals surface area contributed by atoms with Crippen LogP contribution >= 0.6 is 0 Å². The quantitative estimate of drug-likeness (QED) is 0.659. The topological polar surface area (TPSA) is 122 Å². The van der Waals surface area contributed by atoms with E-state index < -0.39 is 33.6 Å². The minimum Gasteiger partial charge on any atom is -0.478 e. The summed E-state index contributed by atoms with van der Waals surface area (Å²) >= 11 is 0. The molecule has 0 radical (unpaired) electrons. The van der Waals surface area contributed by atoms with Gasteiger partial charge in [0.2, 0.25) is 0 Å². The average Bonchev–Trinajstić information content (AvgIpc) is 2.48. The molecule has 1 aromatic heterocycles. The molecular formula is C14H11N3O5. The summed E-state index contributed by atoms with van der Waals surface area (Å²) in [5, 5.41) is 22.6. The molecule has 0 aliphatic rings. The number of hydrogen-bond donors (Lipinski definition) is 2. The number of nitro benzene ring substituents is 1. The lowest BCUT2D eigenvalue weighted by Crippen LogP contribution is -2.19. The van der Waals surface area contributed by atoms with Crippen molar-refractivity contribution in [1.82, 2.24) is 4.98 Å². The van der Waals surface area contributed by atoms with Gasteiger partial charge in [0.1, 0.15) is 11.4 Å². The van der Waals surface area contributed by atoms with Crippen molar-refractivity contribution < 1.29 is 19.6 Å². The van der Waals surface area contributed by atoms with E-state index in [1.165, 1.54) is 12.3 Å². The number of hydrogen-bond acceptors (Lipinski definition) is 5. The molecule has 0 aliphatic carbocycles. The maximum absolute atomic E-state index is 12.3. The number of anilines is 1. The minimum absolute atomic E-state index is 0.210. The van der Waals surface area contributed by atoms with Gasteiger partial charge >= 0.3 is 5.97 Å². The lowest BCUT2D eigenvalue weighted by atomic mass is 10.0. The summed E-state index contributed by atoms with van der Waals surface area (Å²) in [6.45, 7) is 1.69. The number of aromatic carboxylic acids is 1. The highest BCUT2D eigenvalue weighted by Crippen LogP contribution is 2.24. The summed E-state index contributed by atoms with van der Waals surface area (Å²) in [6, 6.07) is 6.78. The number of carbonyl (C=O) groups is 2. The maximum Gasteiger partial charge on any atom is 0.336 e. The summed E-state index contributed by atoms with van der Waals surface area (Å²) in [5.41, 5.74) is -0.886. The Morgan fingerprint density at radius 3 is 2.59 bits per heavy atom. The number of nitro groups is 1. The monoisotopic (exact) mass is 301 g/mol. The third-order valence-electron chi connectivity index (χ3n) is 2.94. The van der Waals surface area contributed by atoms with Crippen LogP contribution in [0.25, 0.3) is 0 Å². The van der Waals surface area contributed by atoms with Gasteiger partial charge in [0.25, 0.3) is 11.6 Å². The molecule has 1 amide bonds. The van der Waals surface area contributed by atoms with Crippen molar-refractivity contribution in [2.24, 2.45) is 0 Å². The third kappa shape index (κ3) is 2.90. The molecule has 0 aliphatic heterocycles. The molecule has 2 rings (SSSR count). The van der Waals surface area contributed by atoms with Crippen LogP contribution in [0.1, 0.15) is 26.3 Å². The first kappa shape index (κ1) is 15.1. The summed E-state index contributed by atoms with van der Waals surface area (Å²) in [7, 11) is 0. The first-order valence-electron chi connectivity index (χ1n) is 6.15. The van der Waals surface area contributed by atoms with E-state index in [1.807, 2.05) is 0 Å². The Kier molecular flexibility index (Phi) is 4.12. The second kappa shape index (κ2) is 6.00. The number of carboxylic acid groups (broad SMARTS) is 1. The van der Waals surface area contributed by atoms with E-state index >= 15 is 0 Å². The number of nitrogens with one attached hydrogen (secondary N) is 1. The molecule has 2 aromatic rings. The SMILES string of the molecule is Cc1cccnc1NC(=O)c1c(C(=O)O)cccc1[N+](=O)[O-]. The molecule has 0 fully saturated rings. The number of benzene rings is 1. The van der Waals surface area contributed by atoms with Crippen LogP contribution in [-0.2, 0) is 0 Å². The molecule has 0 bridgehead atoms. The number of carbonyl (C=O) groups excluding carboxylic acids is 1. The van der Waals surface area contributed by atoms with Crippen molar-refractivity contribution in [2.75, 3.05) is 5.32 Å². The third-order valence-corrected chi connectivity index (χ3v) is 2.94. The highest BCUT2D eigenvalue weighted by molar-refractivity contribution is 6.13. The Morgan fingerprint density at radius 1 is 1.27 bits per heavy atom. The van der Waals surface area contributed by atoms with Gasteiger partial charge < -0.3 is 10.4 Å². The van der Waals surface area contributed by atoms with E-state index in [0.29, 0.717) is 5.56 Å². The van der Waals surface area contributed by atoms with Gasteiger partial charge in [-0.3, -0.25) is 14.9 Å². The fraction of sp³-hybridized carbons (Fsp3) is 0.0714. The van der Waals surface area contributed by atoms with Crippen molar-refractivity contribution in [2.45, 2.75) is 6.92 Å². The summed E-state index contributed by atoms with van der Waals surface area (Å²) in [4.78, 5) is 37.7. The highest BCUT2D eigenvalue weighted by atomic mass is 16.6. The fourth-order valence-electron chi connectivity index (χ4n) is 1.90. The maximum atomic E-state index is 12.3. The van der Waals surface area contributed by atoms with E-state index in [0.717, 1.165) is 12.1 Å². The van der Waals surface area contributed by atoms with Crippen LogP contribution in [0.2, 0.25) is 0 Å². The molecule has 0 unspecified atom stereocenters. The van der Waals surface area contributed by atoms with Gasteiger partial charge in [-0.2, -0.15) is 0 Å². The first-order chi connectivity index (χ1) is 10.4. The van der Waals surface area contributed by atoms with E-state index in [4.69, 9.17) is 5.11 Å². The molecule has 8 nitrogen and oxygen atoms in total. The molecule has 0 spiro atoms.